The van der Waals surface area contributed by atoms with Crippen LogP contribution < -0.4 is 14.8 Å². The molecule has 1 fully saturated rings. The van der Waals surface area contributed by atoms with E-state index in [1.165, 1.54) is 5.57 Å². The number of aromatic nitrogens is 4. The fourth-order valence-corrected chi connectivity index (χ4v) is 5.08. The molecule has 1 saturated carbocycles. The summed E-state index contributed by atoms with van der Waals surface area (Å²) in [6.07, 6.45) is 12.1. The Balaban J connectivity index is 1.20. The number of hydrogen-bond acceptors (Lipinski definition) is 7. The Morgan fingerprint density at radius 1 is 1.14 bits per heavy atom. The van der Waals surface area contributed by atoms with Crippen LogP contribution in [0.3, 0.4) is 0 Å². The number of carbonyl (C=O) groups is 1. The number of fused-ring (bicyclic) bond motifs is 2. The molecule has 2 aliphatic rings. The zero-order chi connectivity index (χ0) is 25.2. The Hall–Kier alpha value is -4.20. The van der Waals surface area contributed by atoms with Crippen LogP contribution in [0.25, 0.3) is 5.65 Å². The number of carbonyl (C=O) groups excluding carboxylic acids is 1. The van der Waals surface area contributed by atoms with Gasteiger partial charge in [-0.05, 0) is 74.9 Å². The van der Waals surface area contributed by atoms with Gasteiger partial charge in [-0.15, -0.1) is 0 Å². The first-order valence-electron chi connectivity index (χ1n) is 12.8. The average molecular weight is 496 g/mol. The second-order valence-electron chi connectivity index (χ2n) is 9.71. The van der Waals surface area contributed by atoms with Gasteiger partial charge >= 0.3 is 0 Å². The highest BCUT2D eigenvalue weighted by atomic mass is 16.7. The molecule has 4 aromatic rings. The highest BCUT2D eigenvalue weighted by molar-refractivity contribution is 6.05. The molecule has 4 heterocycles. The number of allylic oxidation sites excluding steroid dienone is 2. The van der Waals surface area contributed by atoms with E-state index in [1.54, 1.807) is 24.4 Å². The Morgan fingerprint density at radius 3 is 2.95 bits per heavy atom. The molecule has 0 radical (unpaired) electrons. The van der Waals surface area contributed by atoms with E-state index in [-0.39, 0.29) is 12.6 Å². The molecular weight excluding hydrogens is 466 g/mol. The molecule has 1 atom stereocenters. The fourth-order valence-electron chi connectivity index (χ4n) is 5.08. The van der Waals surface area contributed by atoms with Crippen molar-refractivity contribution in [1.82, 2.24) is 19.6 Å². The van der Waals surface area contributed by atoms with Crippen molar-refractivity contribution in [3.63, 3.8) is 0 Å². The molecule has 8 heteroatoms. The summed E-state index contributed by atoms with van der Waals surface area (Å²) in [5.41, 5.74) is 5.94. The summed E-state index contributed by atoms with van der Waals surface area (Å²) in [5, 5.41) is 8.07. The first-order chi connectivity index (χ1) is 18.1. The predicted molar refractivity (Wildman–Crippen MR) is 140 cm³/mol. The van der Waals surface area contributed by atoms with E-state index in [2.05, 4.69) is 27.5 Å². The van der Waals surface area contributed by atoms with Crippen molar-refractivity contribution in [3.8, 4) is 11.5 Å². The lowest BCUT2D eigenvalue weighted by Crippen LogP contribution is -2.10. The highest BCUT2D eigenvalue weighted by Gasteiger charge is 2.22. The summed E-state index contributed by atoms with van der Waals surface area (Å²) in [5.74, 6) is 2.59. The monoisotopic (exact) mass is 495 g/mol. The molecule has 6 rings (SSSR count). The standard InChI is InChI=1S/C29H29N5O3/c1-19-15-32-34-28(31-17-21-5-3-11-30-16-21)14-24(33-29(19)34)22-6-2-4-20(7-8-22)12-25(35)23-9-10-26-27(13-23)37-18-36-26/h3,5,9-16,22,31H,2,4,6-8,17-18H2,1H3. The van der Waals surface area contributed by atoms with Crippen LogP contribution in [0.2, 0.25) is 0 Å². The second kappa shape index (κ2) is 10.0. The first kappa shape index (κ1) is 23.2. The Morgan fingerprint density at radius 2 is 2.05 bits per heavy atom. The Kier molecular flexibility index (Phi) is 6.30. The second-order valence-corrected chi connectivity index (χ2v) is 9.71. The van der Waals surface area contributed by atoms with E-state index < -0.39 is 0 Å². The van der Waals surface area contributed by atoms with E-state index in [4.69, 9.17) is 14.5 Å². The van der Waals surface area contributed by atoms with Crippen molar-refractivity contribution in [2.24, 2.45) is 0 Å². The van der Waals surface area contributed by atoms with E-state index in [0.29, 0.717) is 29.5 Å². The molecule has 1 aromatic carbocycles. The van der Waals surface area contributed by atoms with Crippen molar-refractivity contribution in [1.29, 1.82) is 0 Å². The van der Waals surface area contributed by atoms with E-state index in [0.717, 1.165) is 60.4 Å². The van der Waals surface area contributed by atoms with Crippen LogP contribution in [0.1, 0.15) is 65.2 Å². The van der Waals surface area contributed by atoms with Crippen molar-refractivity contribution >= 4 is 17.2 Å². The van der Waals surface area contributed by atoms with Crippen LogP contribution in [0.4, 0.5) is 5.82 Å². The van der Waals surface area contributed by atoms with Crippen LogP contribution in [0, 0.1) is 6.92 Å². The molecule has 0 saturated heterocycles. The molecule has 37 heavy (non-hydrogen) atoms. The molecule has 0 amide bonds. The average Bonchev–Trinajstić information content (AvgIpc) is 3.48. The molecule has 1 unspecified atom stereocenters. The van der Waals surface area contributed by atoms with Crippen LogP contribution in [-0.2, 0) is 6.54 Å². The number of ketones is 1. The lowest BCUT2D eigenvalue weighted by Gasteiger charge is -2.16. The number of ether oxygens (including phenoxy) is 2. The molecule has 0 bridgehead atoms. The Bertz CT molecular complexity index is 1480. The van der Waals surface area contributed by atoms with Crippen molar-refractivity contribution in [3.05, 3.63) is 89.0 Å². The third kappa shape index (κ3) is 4.91. The van der Waals surface area contributed by atoms with Gasteiger partial charge in [0, 0.05) is 47.7 Å². The van der Waals surface area contributed by atoms with E-state index >= 15 is 0 Å². The van der Waals surface area contributed by atoms with E-state index in [9.17, 15) is 4.79 Å². The molecule has 1 aliphatic heterocycles. The van der Waals surface area contributed by atoms with Gasteiger partial charge in [-0.2, -0.15) is 9.61 Å². The van der Waals surface area contributed by atoms with Gasteiger partial charge in [0.2, 0.25) is 6.79 Å². The fraction of sp³-hybridized carbons (Fsp3) is 0.310. The van der Waals surface area contributed by atoms with Crippen LogP contribution >= 0.6 is 0 Å². The number of anilines is 1. The Labute approximate surface area is 215 Å². The van der Waals surface area contributed by atoms with Crippen LogP contribution in [-0.4, -0.2) is 32.2 Å². The number of nitrogens with one attached hydrogen (secondary N) is 1. The minimum Gasteiger partial charge on any atom is -0.454 e. The number of rotatable bonds is 6. The first-order valence-corrected chi connectivity index (χ1v) is 12.8. The lowest BCUT2D eigenvalue weighted by molar-refractivity contribution is 0.104. The largest absolute Gasteiger partial charge is 0.454 e. The van der Waals surface area contributed by atoms with Gasteiger partial charge in [-0.1, -0.05) is 11.6 Å². The predicted octanol–water partition coefficient (Wildman–Crippen LogP) is 5.63. The minimum atomic E-state index is 0.0167. The highest BCUT2D eigenvalue weighted by Crippen LogP contribution is 2.36. The van der Waals surface area contributed by atoms with Gasteiger partial charge in [-0.25, -0.2) is 4.98 Å². The smallest absolute Gasteiger partial charge is 0.231 e. The number of benzene rings is 1. The van der Waals surface area contributed by atoms with Gasteiger partial charge in [0.05, 0.1) is 6.20 Å². The molecule has 0 spiro atoms. The zero-order valence-corrected chi connectivity index (χ0v) is 20.8. The molecule has 1 N–H and O–H groups in total. The van der Waals surface area contributed by atoms with Crippen molar-refractivity contribution in [2.75, 3.05) is 12.1 Å². The third-order valence-electron chi connectivity index (χ3n) is 7.14. The topological polar surface area (TPSA) is 90.6 Å². The zero-order valence-electron chi connectivity index (χ0n) is 20.8. The summed E-state index contributed by atoms with van der Waals surface area (Å²) >= 11 is 0. The van der Waals surface area contributed by atoms with Gasteiger partial charge in [0.1, 0.15) is 5.82 Å². The maximum atomic E-state index is 13.0. The van der Waals surface area contributed by atoms with Crippen molar-refractivity contribution in [2.45, 2.75) is 51.5 Å². The SMILES string of the molecule is Cc1cnn2c(NCc3cccnc3)cc(C3CCCC(=CC(=O)c4ccc5c(c4)OCO5)CC3)nc12. The molecule has 8 nitrogen and oxygen atoms in total. The maximum absolute atomic E-state index is 13.0. The van der Waals surface area contributed by atoms with Gasteiger partial charge < -0.3 is 14.8 Å². The van der Waals surface area contributed by atoms with Gasteiger partial charge in [0.25, 0.3) is 0 Å². The molecular formula is C29H29N5O3. The maximum Gasteiger partial charge on any atom is 0.231 e. The number of aryl methyl sites for hydroxylation is 1. The summed E-state index contributed by atoms with van der Waals surface area (Å²) in [6.45, 7) is 2.90. The minimum absolute atomic E-state index is 0.0167. The normalized spacial score (nSPS) is 18.2. The quantitative estimate of drug-likeness (QED) is 0.211. The molecule has 3 aromatic heterocycles. The summed E-state index contributed by atoms with van der Waals surface area (Å²) in [6, 6.07) is 11.5. The third-order valence-corrected chi connectivity index (χ3v) is 7.14. The van der Waals surface area contributed by atoms with Crippen LogP contribution in [0.5, 0.6) is 11.5 Å². The lowest BCUT2D eigenvalue weighted by atomic mass is 9.95. The number of nitrogens with zero attached hydrogens (tertiary/aromatic N) is 4. The van der Waals surface area contributed by atoms with Crippen LogP contribution in [0.15, 0.2) is 66.6 Å². The van der Waals surface area contributed by atoms with Gasteiger partial charge in [-0.3, -0.25) is 9.78 Å². The summed E-state index contributed by atoms with van der Waals surface area (Å²) in [7, 11) is 0. The summed E-state index contributed by atoms with van der Waals surface area (Å²) in [4.78, 5) is 22.2. The number of pyridine rings is 1. The molecule has 188 valence electrons. The van der Waals surface area contributed by atoms with Crippen molar-refractivity contribution < 1.29 is 14.3 Å². The summed E-state index contributed by atoms with van der Waals surface area (Å²) < 4.78 is 12.7. The number of hydrogen-bond donors (Lipinski definition) is 1. The molecule has 1 aliphatic carbocycles. The van der Waals surface area contributed by atoms with Gasteiger partial charge in [0.15, 0.2) is 22.9 Å². The van der Waals surface area contributed by atoms with E-state index in [1.807, 2.05) is 36.0 Å².